The van der Waals surface area contributed by atoms with E-state index in [1.165, 1.54) is 0 Å². The molecule has 1 aliphatic heterocycles. The van der Waals surface area contributed by atoms with Crippen LogP contribution in [0.1, 0.15) is 18.6 Å². The van der Waals surface area contributed by atoms with Crippen molar-refractivity contribution in [3.63, 3.8) is 0 Å². The second-order valence-electron chi connectivity index (χ2n) is 8.27. The minimum atomic E-state index is 0.0530. The number of aromatic nitrogens is 3. The summed E-state index contributed by atoms with van der Waals surface area (Å²) in [4.78, 5) is 4.49. The lowest BCUT2D eigenvalue weighted by Gasteiger charge is -2.37. The predicted molar refractivity (Wildman–Crippen MR) is 125 cm³/mol. The second kappa shape index (κ2) is 9.07. The summed E-state index contributed by atoms with van der Waals surface area (Å²) >= 11 is 0. The first-order valence-electron chi connectivity index (χ1n) is 11.2. The second-order valence-corrected chi connectivity index (χ2v) is 8.27. The highest BCUT2D eigenvalue weighted by Gasteiger charge is 2.26. The van der Waals surface area contributed by atoms with Crippen molar-refractivity contribution in [1.29, 1.82) is 0 Å². The van der Waals surface area contributed by atoms with Gasteiger partial charge >= 0.3 is 0 Å². The van der Waals surface area contributed by atoms with E-state index in [1.807, 2.05) is 62.5 Å². The van der Waals surface area contributed by atoms with Crippen LogP contribution in [0.25, 0.3) is 22.7 Å². The van der Waals surface area contributed by atoms with Crippen LogP contribution >= 0.6 is 0 Å². The van der Waals surface area contributed by atoms with Gasteiger partial charge in [-0.05, 0) is 33.0 Å². The van der Waals surface area contributed by atoms with E-state index in [9.17, 15) is 0 Å². The van der Waals surface area contributed by atoms with Crippen LogP contribution in [0.3, 0.4) is 0 Å². The Labute approximate surface area is 192 Å². The van der Waals surface area contributed by atoms with Crippen molar-refractivity contribution in [2.75, 3.05) is 31.6 Å². The van der Waals surface area contributed by atoms with Crippen LogP contribution in [0.15, 0.2) is 63.5 Å². The van der Waals surface area contributed by atoms with Gasteiger partial charge in [0, 0.05) is 18.7 Å². The van der Waals surface area contributed by atoms with E-state index in [2.05, 4.69) is 38.1 Å². The first kappa shape index (κ1) is 21.2. The molecule has 4 aromatic rings. The molecule has 2 aromatic carbocycles. The van der Waals surface area contributed by atoms with Crippen molar-refractivity contribution >= 4 is 5.69 Å². The molecule has 33 heavy (non-hydrogen) atoms. The molecule has 0 amide bonds. The zero-order chi connectivity index (χ0) is 22.8. The number of likely N-dealkylation sites (N-methyl/N-ethyl adjacent to an activating group) is 2. The highest BCUT2D eigenvalue weighted by atomic mass is 16.5. The number of nitrogens with zero attached hydrogens (tertiary/aromatic N) is 5. The van der Waals surface area contributed by atoms with E-state index in [4.69, 9.17) is 13.7 Å². The van der Waals surface area contributed by atoms with Crippen molar-refractivity contribution in [2.45, 2.75) is 26.5 Å². The minimum Gasteiger partial charge on any atom is -0.485 e. The molecule has 1 unspecified atom stereocenters. The fourth-order valence-electron chi connectivity index (χ4n) is 4.25. The zero-order valence-electron chi connectivity index (χ0n) is 19.1. The fraction of sp³-hybridized carbons (Fsp3) is 0.320. The molecule has 5 rings (SSSR count). The van der Waals surface area contributed by atoms with Crippen molar-refractivity contribution in [1.82, 2.24) is 20.3 Å². The average Bonchev–Trinajstić information content (AvgIpc) is 3.44. The summed E-state index contributed by atoms with van der Waals surface area (Å²) < 4.78 is 17.7. The molecule has 0 radical (unpaired) electrons. The van der Waals surface area contributed by atoms with Crippen LogP contribution in [0.4, 0.5) is 5.69 Å². The van der Waals surface area contributed by atoms with E-state index in [0.717, 1.165) is 42.2 Å². The maximum absolute atomic E-state index is 6.25. The van der Waals surface area contributed by atoms with E-state index >= 15 is 0 Å². The van der Waals surface area contributed by atoms with Gasteiger partial charge in [0.1, 0.15) is 28.9 Å². The van der Waals surface area contributed by atoms with Crippen LogP contribution in [0, 0.1) is 6.92 Å². The van der Waals surface area contributed by atoms with E-state index in [1.54, 1.807) is 0 Å². The molecule has 0 N–H and O–H groups in total. The lowest BCUT2D eigenvalue weighted by molar-refractivity contribution is 0.135. The van der Waals surface area contributed by atoms with Gasteiger partial charge in [-0.3, -0.25) is 4.90 Å². The SMILES string of the molecule is CCN1CC(CN(C)Cc2nnc(-c3c(-c4ccccc4)noc3C)o2)Oc2ccccc21. The number of aryl methyl sites for hydroxylation is 1. The smallest absolute Gasteiger partial charge is 0.253 e. The van der Waals surface area contributed by atoms with Gasteiger partial charge in [-0.25, -0.2) is 0 Å². The largest absolute Gasteiger partial charge is 0.485 e. The Kier molecular flexibility index (Phi) is 5.83. The summed E-state index contributed by atoms with van der Waals surface area (Å²) in [6.07, 6.45) is 0.0530. The molecule has 2 aromatic heterocycles. The van der Waals surface area contributed by atoms with E-state index < -0.39 is 0 Å². The topological polar surface area (TPSA) is 80.7 Å². The van der Waals surface area contributed by atoms with Crippen LogP contribution < -0.4 is 9.64 Å². The lowest BCUT2D eigenvalue weighted by atomic mass is 10.1. The molecule has 0 bridgehead atoms. The Morgan fingerprint density at radius 2 is 1.85 bits per heavy atom. The van der Waals surface area contributed by atoms with Crippen LogP contribution in [0.2, 0.25) is 0 Å². The van der Waals surface area contributed by atoms with Gasteiger partial charge in [-0.2, -0.15) is 0 Å². The van der Waals surface area contributed by atoms with Gasteiger partial charge in [0.15, 0.2) is 0 Å². The number of para-hydroxylation sites is 2. The molecule has 1 aliphatic rings. The maximum atomic E-state index is 6.25. The van der Waals surface area contributed by atoms with Crippen LogP contribution in [-0.2, 0) is 6.54 Å². The summed E-state index contributed by atoms with van der Waals surface area (Å²) in [5.41, 5.74) is 3.52. The standard InChI is InChI=1S/C25H27N5O3/c1-4-30-15-19(31-21-13-9-8-12-20(21)30)14-29(3)16-22-26-27-25(32-22)23-17(2)33-28-24(23)18-10-6-5-7-11-18/h5-13,19H,4,14-16H2,1-3H3. The molecule has 0 spiro atoms. The van der Waals surface area contributed by atoms with E-state index in [-0.39, 0.29) is 6.10 Å². The monoisotopic (exact) mass is 445 g/mol. The van der Waals surface area contributed by atoms with Crippen molar-refractivity contribution in [2.24, 2.45) is 0 Å². The van der Waals surface area contributed by atoms with Gasteiger partial charge in [0.25, 0.3) is 5.89 Å². The number of hydrogen-bond acceptors (Lipinski definition) is 8. The molecule has 0 saturated heterocycles. The van der Waals surface area contributed by atoms with E-state index in [0.29, 0.717) is 29.8 Å². The number of rotatable bonds is 7. The summed E-state index contributed by atoms with van der Waals surface area (Å²) in [5, 5.41) is 12.8. The molecule has 8 heteroatoms. The number of fused-ring (bicyclic) bond motifs is 1. The molecule has 0 fully saturated rings. The van der Waals surface area contributed by atoms with Gasteiger partial charge in [-0.15, -0.1) is 10.2 Å². The first-order valence-corrected chi connectivity index (χ1v) is 11.2. The van der Waals surface area contributed by atoms with Gasteiger partial charge in [-0.1, -0.05) is 47.6 Å². The highest BCUT2D eigenvalue weighted by Crippen LogP contribution is 2.34. The Balaban J connectivity index is 1.28. The highest BCUT2D eigenvalue weighted by molar-refractivity contribution is 5.77. The maximum Gasteiger partial charge on any atom is 0.253 e. The molecule has 170 valence electrons. The Morgan fingerprint density at radius 1 is 1.06 bits per heavy atom. The number of ether oxygens (including phenoxy) is 1. The summed E-state index contributed by atoms with van der Waals surface area (Å²) in [7, 11) is 2.03. The number of benzene rings is 2. The predicted octanol–water partition coefficient (Wildman–Crippen LogP) is 4.42. The Morgan fingerprint density at radius 3 is 2.67 bits per heavy atom. The molecule has 3 heterocycles. The zero-order valence-corrected chi connectivity index (χ0v) is 19.1. The van der Waals surface area contributed by atoms with Crippen LogP contribution in [0.5, 0.6) is 5.75 Å². The van der Waals surface area contributed by atoms with Crippen molar-refractivity contribution in [3.05, 3.63) is 66.2 Å². The van der Waals surface area contributed by atoms with Gasteiger partial charge in [0.2, 0.25) is 5.89 Å². The van der Waals surface area contributed by atoms with Crippen LogP contribution in [-0.4, -0.2) is 53.0 Å². The van der Waals surface area contributed by atoms with Crippen molar-refractivity contribution in [3.8, 4) is 28.5 Å². The fourth-order valence-corrected chi connectivity index (χ4v) is 4.25. The van der Waals surface area contributed by atoms with Gasteiger partial charge < -0.3 is 18.6 Å². The summed E-state index contributed by atoms with van der Waals surface area (Å²) in [6.45, 7) is 7.06. The van der Waals surface area contributed by atoms with Gasteiger partial charge in [0.05, 0.1) is 18.8 Å². The first-order chi connectivity index (χ1) is 16.1. The van der Waals surface area contributed by atoms with Crippen molar-refractivity contribution < 1.29 is 13.7 Å². The molecular weight excluding hydrogens is 418 g/mol. The summed E-state index contributed by atoms with van der Waals surface area (Å²) in [5.74, 6) is 2.53. The third-order valence-electron chi connectivity index (χ3n) is 5.82. The summed E-state index contributed by atoms with van der Waals surface area (Å²) in [6, 6.07) is 18.0. The molecular formula is C25H27N5O3. The number of anilines is 1. The third-order valence-corrected chi connectivity index (χ3v) is 5.82. The quantitative estimate of drug-likeness (QED) is 0.414. The molecule has 1 atom stereocenters. The number of hydrogen-bond donors (Lipinski definition) is 0. The molecule has 0 aliphatic carbocycles. The molecule has 8 nitrogen and oxygen atoms in total. The average molecular weight is 446 g/mol. The normalized spacial score (nSPS) is 15.5. The third kappa shape index (κ3) is 4.34. The Bertz CT molecular complexity index is 1220. The molecule has 0 saturated carbocycles. The lowest BCUT2D eigenvalue weighted by Crippen LogP contribution is -2.45. The Hall–Kier alpha value is -3.65. The minimum absolute atomic E-state index is 0.0530.